The summed E-state index contributed by atoms with van der Waals surface area (Å²) in [5.74, 6) is 0.133. The molecule has 11 heteroatoms. The van der Waals surface area contributed by atoms with Crippen LogP contribution in [-0.4, -0.2) is 29.4 Å². The Morgan fingerprint density at radius 2 is 1.95 bits per heavy atom. The molecule has 0 atom stereocenters. The summed E-state index contributed by atoms with van der Waals surface area (Å²) < 4.78 is 70.9. The molecule has 0 saturated heterocycles. The summed E-state index contributed by atoms with van der Waals surface area (Å²) in [5, 5.41) is 6.11. The van der Waals surface area contributed by atoms with E-state index in [4.69, 9.17) is 0 Å². The van der Waals surface area contributed by atoms with Gasteiger partial charge in [0.15, 0.2) is 0 Å². The number of rotatable bonds is 4. The molecule has 0 amide bonds. The molecule has 0 spiro atoms. The van der Waals surface area contributed by atoms with Gasteiger partial charge in [-0.1, -0.05) is 0 Å². The highest BCUT2D eigenvalue weighted by molar-refractivity contribution is 7.86. The van der Waals surface area contributed by atoms with Crippen molar-refractivity contribution in [1.29, 1.82) is 0 Å². The number of aromatic nitrogens is 3. The highest BCUT2D eigenvalue weighted by atomic mass is 32.3. The van der Waals surface area contributed by atoms with Crippen LogP contribution in [0.4, 0.5) is 28.6 Å². The second-order valence-electron chi connectivity index (χ2n) is 3.98. The maximum Gasteiger partial charge on any atom is 0.408 e. The van der Waals surface area contributed by atoms with E-state index < -0.39 is 27.8 Å². The zero-order valence-electron chi connectivity index (χ0n) is 10.2. The van der Waals surface area contributed by atoms with Gasteiger partial charge in [0.2, 0.25) is 0 Å². The van der Waals surface area contributed by atoms with E-state index in [1.807, 2.05) is 0 Å². The van der Waals surface area contributed by atoms with Gasteiger partial charge < -0.3 is 5.32 Å². The van der Waals surface area contributed by atoms with Crippen molar-refractivity contribution < 1.29 is 25.5 Å². The number of pyridine rings is 1. The van der Waals surface area contributed by atoms with Crippen molar-refractivity contribution in [3.05, 3.63) is 30.7 Å². The average molecular weight is 324 g/mol. The smallest absolute Gasteiger partial charge is 0.338 e. The Bertz CT molecular complexity index is 724. The van der Waals surface area contributed by atoms with E-state index in [0.29, 0.717) is 4.68 Å². The van der Waals surface area contributed by atoms with Crippen molar-refractivity contribution in [3.8, 4) is 0 Å². The van der Waals surface area contributed by atoms with Crippen LogP contribution in [0.15, 0.2) is 35.6 Å². The molecule has 21 heavy (non-hydrogen) atoms. The zero-order chi connectivity index (χ0) is 15.7. The Kier molecular flexibility index (Phi) is 3.85. The zero-order valence-corrected chi connectivity index (χ0v) is 11.0. The van der Waals surface area contributed by atoms with E-state index >= 15 is 0 Å². The second kappa shape index (κ2) is 5.31. The molecule has 1 N–H and O–H groups in total. The SMILES string of the molecule is O=S(=O)(F)c1ccc(Nc2cnn(CC(F)(F)F)c2)nc1. The van der Waals surface area contributed by atoms with E-state index in [1.165, 1.54) is 6.07 Å². The fourth-order valence-corrected chi connectivity index (χ4v) is 1.85. The fourth-order valence-electron chi connectivity index (χ4n) is 1.44. The summed E-state index contributed by atoms with van der Waals surface area (Å²) in [4.78, 5) is 3.02. The number of anilines is 2. The summed E-state index contributed by atoms with van der Waals surface area (Å²) in [5.41, 5.74) is 0.225. The molecule has 6 nitrogen and oxygen atoms in total. The summed E-state index contributed by atoms with van der Waals surface area (Å²) in [6, 6.07) is 2.15. The van der Waals surface area contributed by atoms with Crippen molar-refractivity contribution in [2.24, 2.45) is 0 Å². The van der Waals surface area contributed by atoms with Crippen LogP contribution in [0.25, 0.3) is 0 Å². The van der Waals surface area contributed by atoms with Crippen molar-refractivity contribution in [1.82, 2.24) is 14.8 Å². The lowest BCUT2D eigenvalue weighted by atomic mass is 10.4. The van der Waals surface area contributed by atoms with Gasteiger partial charge in [0, 0.05) is 6.20 Å². The number of alkyl halides is 3. The summed E-state index contributed by atoms with van der Waals surface area (Å²) in [6.45, 7) is -1.23. The van der Waals surface area contributed by atoms with Crippen LogP contribution < -0.4 is 5.32 Å². The minimum absolute atomic E-state index is 0.133. The first-order chi connectivity index (χ1) is 9.63. The van der Waals surface area contributed by atoms with Crippen molar-refractivity contribution in [2.45, 2.75) is 17.6 Å². The van der Waals surface area contributed by atoms with Gasteiger partial charge in [0.25, 0.3) is 0 Å². The molecule has 2 aromatic rings. The summed E-state index contributed by atoms with van der Waals surface area (Å²) >= 11 is 0. The standard InChI is InChI=1S/C10H8F4N4O2S/c11-10(12,13)6-18-5-7(3-16-18)17-9-2-1-8(4-15-9)21(14,19)20/h1-5H,6H2,(H,15,17). The van der Waals surface area contributed by atoms with E-state index in [1.54, 1.807) is 0 Å². The van der Waals surface area contributed by atoms with Crippen LogP contribution in [0.3, 0.4) is 0 Å². The van der Waals surface area contributed by atoms with E-state index in [9.17, 15) is 25.5 Å². The topological polar surface area (TPSA) is 76.9 Å². The molecule has 2 aromatic heterocycles. The van der Waals surface area contributed by atoms with E-state index in [-0.39, 0.29) is 11.5 Å². The summed E-state index contributed by atoms with van der Waals surface area (Å²) in [6.07, 6.45) is -1.35. The van der Waals surface area contributed by atoms with Crippen LogP contribution in [0.1, 0.15) is 0 Å². The molecule has 0 aliphatic heterocycles. The van der Waals surface area contributed by atoms with Gasteiger partial charge in [-0.3, -0.25) is 4.68 Å². The second-order valence-corrected chi connectivity index (χ2v) is 5.33. The minimum Gasteiger partial charge on any atom is -0.338 e. The number of halogens is 4. The Morgan fingerprint density at radius 3 is 2.48 bits per heavy atom. The molecular weight excluding hydrogens is 316 g/mol. The number of hydrogen-bond acceptors (Lipinski definition) is 5. The van der Waals surface area contributed by atoms with Crippen LogP contribution in [0.5, 0.6) is 0 Å². The highest BCUT2D eigenvalue weighted by Crippen LogP contribution is 2.20. The number of nitrogens with one attached hydrogen (secondary N) is 1. The third-order valence-corrected chi connectivity index (χ3v) is 3.07. The molecule has 0 radical (unpaired) electrons. The maximum atomic E-state index is 12.6. The molecule has 0 aromatic carbocycles. The van der Waals surface area contributed by atoms with Crippen molar-refractivity contribution >= 4 is 21.7 Å². The Hall–Kier alpha value is -2.17. The third-order valence-electron chi connectivity index (χ3n) is 2.26. The first kappa shape index (κ1) is 15.2. The molecule has 0 unspecified atom stereocenters. The average Bonchev–Trinajstić information content (AvgIpc) is 2.73. The number of nitrogens with zero attached hydrogens (tertiary/aromatic N) is 3. The van der Waals surface area contributed by atoms with Crippen LogP contribution in [0, 0.1) is 0 Å². The normalized spacial score (nSPS) is 12.4. The minimum atomic E-state index is -4.84. The third kappa shape index (κ3) is 4.41. The van der Waals surface area contributed by atoms with Gasteiger partial charge in [-0.25, -0.2) is 4.98 Å². The molecule has 0 aliphatic rings. The highest BCUT2D eigenvalue weighted by Gasteiger charge is 2.28. The first-order valence-electron chi connectivity index (χ1n) is 5.40. The van der Waals surface area contributed by atoms with Crippen LogP contribution in [-0.2, 0) is 16.8 Å². The van der Waals surface area contributed by atoms with Gasteiger partial charge in [0.05, 0.1) is 18.1 Å². The quantitative estimate of drug-likeness (QED) is 0.689. The first-order valence-corrected chi connectivity index (χ1v) is 6.79. The monoisotopic (exact) mass is 324 g/mol. The lowest BCUT2D eigenvalue weighted by Gasteiger charge is -2.05. The molecular formula is C10H8F4N4O2S. The fraction of sp³-hybridized carbons (Fsp3) is 0.200. The predicted molar refractivity (Wildman–Crippen MR) is 64.1 cm³/mol. The molecule has 114 valence electrons. The number of hydrogen-bond donors (Lipinski definition) is 1. The van der Waals surface area contributed by atoms with E-state index in [0.717, 1.165) is 24.7 Å². The molecule has 2 heterocycles. The Morgan fingerprint density at radius 1 is 1.24 bits per heavy atom. The molecule has 0 fully saturated rings. The van der Waals surface area contributed by atoms with Gasteiger partial charge in [-0.2, -0.15) is 26.7 Å². The van der Waals surface area contributed by atoms with Gasteiger partial charge >= 0.3 is 16.4 Å². The predicted octanol–water partition coefficient (Wildman–Crippen LogP) is 2.24. The van der Waals surface area contributed by atoms with Crippen molar-refractivity contribution in [3.63, 3.8) is 0 Å². The molecule has 0 bridgehead atoms. The Balaban J connectivity index is 2.09. The largest absolute Gasteiger partial charge is 0.408 e. The van der Waals surface area contributed by atoms with Crippen LogP contribution >= 0.6 is 0 Å². The Labute approximate surface area is 116 Å². The van der Waals surface area contributed by atoms with Gasteiger partial charge in [-0.05, 0) is 12.1 Å². The summed E-state index contributed by atoms with van der Waals surface area (Å²) in [7, 11) is -4.84. The lowest BCUT2D eigenvalue weighted by Crippen LogP contribution is -2.17. The maximum absolute atomic E-state index is 12.6. The van der Waals surface area contributed by atoms with Crippen molar-refractivity contribution in [2.75, 3.05) is 5.32 Å². The van der Waals surface area contributed by atoms with Gasteiger partial charge in [0.1, 0.15) is 17.3 Å². The van der Waals surface area contributed by atoms with Crippen LogP contribution in [0.2, 0.25) is 0 Å². The van der Waals surface area contributed by atoms with Gasteiger partial charge in [-0.15, -0.1) is 3.89 Å². The lowest BCUT2D eigenvalue weighted by molar-refractivity contribution is -0.142. The molecule has 0 aliphatic carbocycles. The molecule has 0 saturated carbocycles. The molecule has 2 rings (SSSR count). The van der Waals surface area contributed by atoms with E-state index in [2.05, 4.69) is 15.4 Å².